The van der Waals surface area contributed by atoms with Crippen molar-refractivity contribution in [3.05, 3.63) is 65.2 Å². The number of methoxy groups -OCH3 is 1. The van der Waals surface area contributed by atoms with Gasteiger partial charge in [0.05, 0.1) is 18.7 Å². The number of likely N-dealkylation sites (N-methyl/N-ethyl adjacent to an activating group) is 1. The molecule has 1 amide bonds. The van der Waals surface area contributed by atoms with Gasteiger partial charge in [0.15, 0.2) is 0 Å². The summed E-state index contributed by atoms with van der Waals surface area (Å²) in [6.45, 7) is 6.88. The lowest BCUT2D eigenvalue weighted by Gasteiger charge is -2.28. The van der Waals surface area contributed by atoms with Gasteiger partial charge in [-0.3, -0.25) is 9.59 Å². The third-order valence-electron chi connectivity index (χ3n) is 6.16. The Balaban J connectivity index is 2.10. The van der Waals surface area contributed by atoms with Crippen molar-refractivity contribution in [1.82, 2.24) is 9.80 Å². The second kappa shape index (κ2) is 10.5. The minimum atomic E-state index is -0.670. The van der Waals surface area contributed by atoms with Gasteiger partial charge in [0.25, 0.3) is 11.7 Å². The summed E-state index contributed by atoms with van der Waals surface area (Å²) in [4.78, 5) is 32.0. The maximum atomic E-state index is 13.2. The first-order valence-corrected chi connectivity index (χ1v) is 11.2. The van der Waals surface area contributed by atoms with Crippen molar-refractivity contribution in [3.8, 4) is 5.75 Å². The van der Waals surface area contributed by atoms with E-state index < -0.39 is 17.7 Å². The highest BCUT2D eigenvalue weighted by Crippen LogP contribution is 2.40. The maximum absolute atomic E-state index is 13.2. The zero-order valence-corrected chi connectivity index (χ0v) is 20.0. The topological polar surface area (TPSA) is 73.3 Å². The Hall–Kier alpha value is -3.32. The number of likely N-dealkylation sites (tertiary alicyclic amines) is 1. The van der Waals surface area contributed by atoms with Crippen molar-refractivity contribution >= 4 is 23.1 Å². The Morgan fingerprint density at radius 1 is 1.06 bits per heavy atom. The fraction of sp³-hybridized carbons (Fsp3) is 0.385. The Labute approximate surface area is 195 Å². The average Bonchev–Trinajstić information content (AvgIpc) is 3.09. The quantitative estimate of drug-likeness (QED) is 0.357. The number of hydrogen-bond acceptors (Lipinski definition) is 6. The molecule has 0 aliphatic carbocycles. The van der Waals surface area contributed by atoms with E-state index in [-0.39, 0.29) is 11.3 Å². The molecule has 1 atom stereocenters. The number of anilines is 1. The molecule has 1 fully saturated rings. The van der Waals surface area contributed by atoms with Gasteiger partial charge < -0.3 is 24.5 Å². The van der Waals surface area contributed by atoms with Crippen LogP contribution in [0.1, 0.15) is 31.0 Å². The SMILES string of the molecule is CCN(CC)CCN1C(=O)C(=O)/C(=C(/O)c2cccc(OC)c2)C1c1ccc(N(C)C)cc1. The molecule has 7 nitrogen and oxygen atoms in total. The number of hydrogen-bond donors (Lipinski definition) is 1. The summed E-state index contributed by atoms with van der Waals surface area (Å²) in [5.41, 5.74) is 2.33. The summed E-state index contributed by atoms with van der Waals surface area (Å²) in [6.07, 6.45) is 0. The molecule has 0 radical (unpaired) electrons. The van der Waals surface area contributed by atoms with Crippen LogP contribution in [-0.4, -0.2) is 74.0 Å². The number of rotatable bonds is 9. The summed E-state index contributed by atoms with van der Waals surface area (Å²) >= 11 is 0. The first-order chi connectivity index (χ1) is 15.8. The number of aliphatic hydroxyl groups excluding tert-OH is 1. The fourth-order valence-electron chi connectivity index (χ4n) is 4.13. The van der Waals surface area contributed by atoms with Crippen LogP contribution in [-0.2, 0) is 9.59 Å². The summed E-state index contributed by atoms with van der Waals surface area (Å²) in [6, 6.07) is 13.9. The van der Waals surface area contributed by atoms with Crippen molar-refractivity contribution in [2.75, 3.05) is 52.3 Å². The van der Waals surface area contributed by atoms with Gasteiger partial charge in [-0.25, -0.2) is 0 Å². The van der Waals surface area contributed by atoms with E-state index in [0.29, 0.717) is 24.4 Å². The first-order valence-electron chi connectivity index (χ1n) is 11.2. The van der Waals surface area contributed by atoms with Crippen molar-refractivity contribution in [2.45, 2.75) is 19.9 Å². The van der Waals surface area contributed by atoms with Crippen LogP contribution in [0.5, 0.6) is 5.75 Å². The Morgan fingerprint density at radius 3 is 2.30 bits per heavy atom. The lowest BCUT2D eigenvalue weighted by Crippen LogP contribution is -2.38. The van der Waals surface area contributed by atoms with Gasteiger partial charge in [-0.1, -0.05) is 38.1 Å². The largest absolute Gasteiger partial charge is 0.507 e. The molecule has 7 heteroatoms. The van der Waals surface area contributed by atoms with E-state index in [4.69, 9.17) is 4.74 Å². The standard InChI is InChI=1S/C26H33N3O4/c1-6-28(7-2)15-16-29-23(18-11-13-20(14-12-18)27(3)4)22(25(31)26(29)32)24(30)19-9-8-10-21(17-19)33-5/h8-14,17,23,30H,6-7,15-16H2,1-5H3/b24-22+. The Bertz CT molecular complexity index is 1030. The van der Waals surface area contributed by atoms with Gasteiger partial charge in [0, 0.05) is 38.4 Å². The molecule has 0 aromatic heterocycles. The van der Waals surface area contributed by atoms with Crippen molar-refractivity contribution in [3.63, 3.8) is 0 Å². The molecule has 0 bridgehead atoms. The lowest BCUT2D eigenvalue weighted by molar-refractivity contribution is -0.140. The van der Waals surface area contributed by atoms with Gasteiger partial charge in [-0.2, -0.15) is 0 Å². The number of Topliss-reactive ketones (excluding diaryl/α,β-unsaturated/α-hetero) is 1. The molecule has 1 aliphatic rings. The number of carbonyl (C=O) groups is 2. The normalized spacial score (nSPS) is 17.6. The van der Waals surface area contributed by atoms with Gasteiger partial charge in [-0.05, 0) is 42.9 Å². The zero-order chi connectivity index (χ0) is 24.1. The second-order valence-corrected chi connectivity index (χ2v) is 8.24. The zero-order valence-electron chi connectivity index (χ0n) is 20.0. The molecule has 0 saturated carbocycles. The van der Waals surface area contributed by atoms with Crippen molar-refractivity contribution in [2.24, 2.45) is 0 Å². The van der Waals surface area contributed by atoms with Crippen LogP contribution >= 0.6 is 0 Å². The number of carbonyl (C=O) groups excluding carboxylic acids is 2. The highest BCUT2D eigenvalue weighted by Gasteiger charge is 2.46. The number of aliphatic hydroxyl groups is 1. The van der Waals surface area contributed by atoms with E-state index in [1.54, 1.807) is 29.2 Å². The van der Waals surface area contributed by atoms with E-state index >= 15 is 0 Å². The third kappa shape index (κ3) is 5.03. The highest BCUT2D eigenvalue weighted by molar-refractivity contribution is 6.46. The Morgan fingerprint density at radius 2 is 1.73 bits per heavy atom. The van der Waals surface area contributed by atoms with E-state index in [1.807, 2.05) is 43.3 Å². The number of nitrogens with zero attached hydrogens (tertiary/aromatic N) is 3. The molecule has 1 unspecified atom stereocenters. The molecule has 2 aromatic rings. The van der Waals surface area contributed by atoms with Crippen LogP contribution in [0.4, 0.5) is 5.69 Å². The predicted octanol–water partition coefficient (Wildman–Crippen LogP) is 3.52. The molecular formula is C26H33N3O4. The Kier molecular flexibility index (Phi) is 7.76. The third-order valence-corrected chi connectivity index (χ3v) is 6.16. The van der Waals surface area contributed by atoms with Gasteiger partial charge in [-0.15, -0.1) is 0 Å². The minimum Gasteiger partial charge on any atom is -0.507 e. The molecule has 3 rings (SSSR count). The van der Waals surface area contributed by atoms with E-state index in [1.165, 1.54) is 7.11 Å². The van der Waals surface area contributed by atoms with E-state index in [9.17, 15) is 14.7 Å². The minimum absolute atomic E-state index is 0.102. The monoisotopic (exact) mass is 451 g/mol. The summed E-state index contributed by atoms with van der Waals surface area (Å²) < 4.78 is 5.27. The van der Waals surface area contributed by atoms with Gasteiger partial charge in [0.2, 0.25) is 0 Å². The van der Waals surface area contributed by atoms with Gasteiger partial charge >= 0.3 is 0 Å². The van der Waals surface area contributed by atoms with Crippen LogP contribution in [0.2, 0.25) is 0 Å². The fourth-order valence-corrected chi connectivity index (χ4v) is 4.13. The highest BCUT2D eigenvalue weighted by atomic mass is 16.5. The lowest BCUT2D eigenvalue weighted by atomic mass is 9.95. The molecular weight excluding hydrogens is 418 g/mol. The number of ketones is 1. The van der Waals surface area contributed by atoms with Crippen LogP contribution in [0.3, 0.4) is 0 Å². The van der Waals surface area contributed by atoms with Crippen LogP contribution in [0, 0.1) is 0 Å². The maximum Gasteiger partial charge on any atom is 0.295 e. The molecule has 2 aromatic carbocycles. The number of benzene rings is 2. The number of amides is 1. The van der Waals surface area contributed by atoms with E-state index in [0.717, 1.165) is 24.3 Å². The molecule has 1 aliphatic heterocycles. The van der Waals surface area contributed by atoms with Crippen LogP contribution in [0.25, 0.3) is 5.76 Å². The molecule has 1 N–H and O–H groups in total. The smallest absolute Gasteiger partial charge is 0.295 e. The molecule has 1 heterocycles. The molecule has 176 valence electrons. The molecule has 0 spiro atoms. The average molecular weight is 452 g/mol. The van der Waals surface area contributed by atoms with Crippen molar-refractivity contribution < 1.29 is 19.4 Å². The predicted molar refractivity (Wildman–Crippen MR) is 131 cm³/mol. The molecule has 1 saturated heterocycles. The van der Waals surface area contributed by atoms with Gasteiger partial charge in [0.1, 0.15) is 11.5 Å². The first kappa shape index (κ1) is 24.3. The summed E-state index contributed by atoms with van der Waals surface area (Å²) in [7, 11) is 5.44. The number of ether oxygens (including phenoxy) is 1. The van der Waals surface area contributed by atoms with Crippen LogP contribution < -0.4 is 9.64 Å². The van der Waals surface area contributed by atoms with Crippen LogP contribution in [0.15, 0.2) is 54.1 Å². The van der Waals surface area contributed by atoms with E-state index in [2.05, 4.69) is 18.7 Å². The second-order valence-electron chi connectivity index (χ2n) is 8.24. The summed E-state index contributed by atoms with van der Waals surface area (Å²) in [5, 5.41) is 11.2. The van der Waals surface area contributed by atoms with Crippen molar-refractivity contribution in [1.29, 1.82) is 0 Å². The summed E-state index contributed by atoms with van der Waals surface area (Å²) in [5.74, 6) is -0.897. The molecule has 33 heavy (non-hydrogen) atoms.